The van der Waals surface area contributed by atoms with Crippen molar-refractivity contribution >= 4 is 6.09 Å². The van der Waals surface area contributed by atoms with Crippen molar-refractivity contribution in [3.63, 3.8) is 0 Å². The van der Waals surface area contributed by atoms with Crippen LogP contribution in [0.2, 0.25) is 0 Å². The first-order valence-corrected chi connectivity index (χ1v) is 9.10. The average molecular weight is 361 g/mol. The Kier molecular flexibility index (Phi) is 5.17. The minimum atomic E-state index is -0.596. The molecule has 1 aromatic rings. The molecule has 2 rings (SSSR count). The summed E-state index contributed by atoms with van der Waals surface area (Å²) < 4.78 is 7.27. The summed E-state index contributed by atoms with van der Waals surface area (Å²) in [5.74, 6) is 0.674. The van der Waals surface area contributed by atoms with E-state index in [4.69, 9.17) is 15.3 Å². The van der Waals surface area contributed by atoms with E-state index in [0.717, 1.165) is 5.69 Å². The normalized spacial score (nSPS) is 19.5. The van der Waals surface area contributed by atoms with Crippen LogP contribution in [0.1, 0.15) is 85.1 Å². The van der Waals surface area contributed by atoms with E-state index in [2.05, 4.69) is 44.6 Å². The maximum Gasteiger partial charge on any atom is 0.420 e. The fraction of sp³-hybridized carbons (Fsp3) is 0.789. The zero-order chi connectivity index (χ0) is 19.9. The molecule has 144 valence electrons. The first kappa shape index (κ1) is 20.3. The van der Waals surface area contributed by atoms with Crippen LogP contribution in [0.3, 0.4) is 0 Å². The number of nitrogens with zero attached hydrogens (tertiary/aromatic N) is 5. The lowest BCUT2D eigenvalue weighted by Crippen LogP contribution is -2.32. The number of ether oxygens (including phenoxy) is 1. The van der Waals surface area contributed by atoms with E-state index in [1.807, 2.05) is 20.8 Å². The Morgan fingerprint density at radius 1 is 1.35 bits per heavy atom. The average Bonchev–Trinajstić information content (AvgIpc) is 2.71. The smallest absolute Gasteiger partial charge is 0.420 e. The summed E-state index contributed by atoms with van der Waals surface area (Å²) in [5.41, 5.74) is 9.77. The third-order valence-corrected chi connectivity index (χ3v) is 4.24. The zero-order valence-corrected chi connectivity index (χ0v) is 17.3. The summed E-state index contributed by atoms with van der Waals surface area (Å²) in [4.78, 5) is 20.7. The lowest BCUT2D eigenvalue weighted by Gasteiger charge is -2.33. The molecule has 1 aliphatic rings. The second-order valence-corrected chi connectivity index (χ2v) is 10.2. The fourth-order valence-electron chi connectivity index (χ4n) is 3.38. The van der Waals surface area contributed by atoms with Crippen LogP contribution >= 0.6 is 0 Å². The zero-order valence-electron chi connectivity index (χ0n) is 17.3. The van der Waals surface area contributed by atoms with Crippen molar-refractivity contribution < 1.29 is 9.53 Å². The number of imidazole rings is 1. The molecule has 1 aliphatic carbocycles. The molecule has 7 nitrogen and oxygen atoms in total. The highest BCUT2D eigenvalue weighted by Gasteiger charge is 2.39. The number of azide groups is 1. The minimum Gasteiger partial charge on any atom is -0.443 e. The molecule has 1 aromatic heterocycles. The largest absolute Gasteiger partial charge is 0.443 e. The third kappa shape index (κ3) is 4.79. The van der Waals surface area contributed by atoms with Gasteiger partial charge in [0.05, 0.1) is 17.4 Å². The fourth-order valence-corrected chi connectivity index (χ4v) is 3.38. The van der Waals surface area contributed by atoms with Crippen molar-refractivity contribution in [2.45, 2.75) is 86.3 Å². The summed E-state index contributed by atoms with van der Waals surface area (Å²) in [6, 6.07) is -0.360. The Morgan fingerprint density at radius 3 is 2.46 bits per heavy atom. The van der Waals surface area contributed by atoms with Crippen LogP contribution in [0.5, 0.6) is 0 Å². The molecule has 26 heavy (non-hydrogen) atoms. The van der Waals surface area contributed by atoms with Crippen LogP contribution in [0.4, 0.5) is 4.79 Å². The van der Waals surface area contributed by atoms with Gasteiger partial charge in [-0.15, -0.1) is 0 Å². The summed E-state index contributed by atoms with van der Waals surface area (Å²) in [5, 5.41) is 3.96. The van der Waals surface area contributed by atoms with Gasteiger partial charge in [-0.3, -0.25) is 0 Å². The first-order chi connectivity index (χ1) is 11.7. The number of hydrogen-bond donors (Lipinski definition) is 0. The van der Waals surface area contributed by atoms with Gasteiger partial charge in [0, 0.05) is 11.3 Å². The molecule has 0 N–H and O–H groups in total. The van der Waals surface area contributed by atoms with Gasteiger partial charge in [0.25, 0.3) is 0 Å². The number of carbonyl (C=O) groups excluding carboxylic acids is 1. The topological polar surface area (TPSA) is 92.9 Å². The Balaban J connectivity index is 2.63. The molecular formula is C19H31N5O2. The predicted molar refractivity (Wildman–Crippen MR) is 101 cm³/mol. The van der Waals surface area contributed by atoms with Crippen LogP contribution in [-0.4, -0.2) is 21.2 Å². The van der Waals surface area contributed by atoms with Gasteiger partial charge in [-0.1, -0.05) is 39.7 Å². The molecule has 0 radical (unpaired) electrons. The molecule has 1 atom stereocenters. The van der Waals surface area contributed by atoms with Gasteiger partial charge >= 0.3 is 6.09 Å². The highest BCUT2D eigenvalue weighted by Crippen LogP contribution is 2.43. The number of fused-ring (bicyclic) bond motifs is 1. The van der Waals surface area contributed by atoms with Gasteiger partial charge < -0.3 is 4.74 Å². The molecule has 0 saturated heterocycles. The minimum absolute atomic E-state index is 0.0444. The van der Waals surface area contributed by atoms with Crippen LogP contribution in [0, 0.1) is 10.8 Å². The van der Waals surface area contributed by atoms with E-state index < -0.39 is 11.7 Å². The van der Waals surface area contributed by atoms with Crippen molar-refractivity contribution in [2.24, 2.45) is 15.9 Å². The SMILES string of the molecule is CC(C)(C)Cc1nc2c(n1C(=O)OC(C)(C)C)CC(C)(C)CC2N=[N+]=[N-]. The summed E-state index contributed by atoms with van der Waals surface area (Å²) >= 11 is 0. The molecular weight excluding hydrogens is 330 g/mol. The van der Waals surface area contributed by atoms with Crippen LogP contribution in [-0.2, 0) is 17.6 Å². The Bertz CT molecular complexity index is 743. The van der Waals surface area contributed by atoms with Gasteiger partial charge in [0.15, 0.2) is 0 Å². The van der Waals surface area contributed by atoms with Gasteiger partial charge in [0.2, 0.25) is 0 Å². The number of hydrogen-bond acceptors (Lipinski definition) is 4. The molecule has 0 aromatic carbocycles. The van der Waals surface area contributed by atoms with E-state index in [1.165, 1.54) is 0 Å². The van der Waals surface area contributed by atoms with E-state index in [1.54, 1.807) is 4.57 Å². The van der Waals surface area contributed by atoms with Crippen molar-refractivity contribution in [3.05, 3.63) is 27.7 Å². The number of rotatable bonds is 2. The Morgan fingerprint density at radius 2 is 1.96 bits per heavy atom. The second-order valence-electron chi connectivity index (χ2n) is 10.2. The third-order valence-electron chi connectivity index (χ3n) is 4.24. The second kappa shape index (κ2) is 6.62. The molecule has 0 bridgehead atoms. The summed E-state index contributed by atoms with van der Waals surface area (Å²) in [6.45, 7) is 16.1. The highest BCUT2D eigenvalue weighted by atomic mass is 16.6. The van der Waals surface area contributed by atoms with Gasteiger partial charge in [-0.05, 0) is 50.0 Å². The van der Waals surface area contributed by atoms with Crippen LogP contribution < -0.4 is 0 Å². The Hall–Kier alpha value is -2.01. The maximum absolute atomic E-state index is 13.0. The lowest BCUT2D eigenvalue weighted by molar-refractivity contribution is 0.0522. The highest BCUT2D eigenvalue weighted by molar-refractivity contribution is 5.73. The molecule has 7 heteroatoms. The maximum atomic E-state index is 13.0. The van der Waals surface area contributed by atoms with Gasteiger partial charge in [-0.25, -0.2) is 14.3 Å². The molecule has 0 saturated carbocycles. The quantitative estimate of drug-likeness (QED) is 0.391. The van der Waals surface area contributed by atoms with Crippen molar-refractivity contribution in [3.8, 4) is 0 Å². The van der Waals surface area contributed by atoms with Crippen LogP contribution in [0.15, 0.2) is 5.11 Å². The summed E-state index contributed by atoms with van der Waals surface area (Å²) in [6.07, 6.45) is 1.62. The standard InChI is InChI=1S/C19H31N5O2/c1-17(2,3)11-14-21-15-12(22-23-20)9-19(7,8)10-13(15)24(14)16(25)26-18(4,5)6/h12H,9-11H2,1-8H3. The van der Waals surface area contributed by atoms with Crippen molar-refractivity contribution in [1.82, 2.24) is 9.55 Å². The summed E-state index contributed by atoms with van der Waals surface area (Å²) in [7, 11) is 0. The molecule has 1 heterocycles. The molecule has 0 amide bonds. The molecule has 0 spiro atoms. The van der Waals surface area contributed by atoms with E-state index in [9.17, 15) is 4.79 Å². The van der Waals surface area contributed by atoms with E-state index >= 15 is 0 Å². The van der Waals surface area contributed by atoms with Gasteiger partial charge in [0.1, 0.15) is 11.4 Å². The Labute approximate surface area is 155 Å². The van der Waals surface area contributed by atoms with Crippen LogP contribution in [0.25, 0.3) is 10.4 Å². The molecule has 1 unspecified atom stereocenters. The van der Waals surface area contributed by atoms with E-state index in [0.29, 0.717) is 30.8 Å². The van der Waals surface area contributed by atoms with Crippen molar-refractivity contribution in [2.75, 3.05) is 0 Å². The van der Waals surface area contributed by atoms with Gasteiger partial charge in [-0.2, -0.15) is 0 Å². The molecule has 0 fully saturated rings. The first-order valence-electron chi connectivity index (χ1n) is 9.10. The lowest BCUT2D eigenvalue weighted by atomic mass is 9.76. The predicted octanol–water partition coefficient (Wildman–Crippen LogP) is 5.58. The van der Waals surface area contributed by atoms with E-state index in [-0.39, 0.29) is 16.9 Å². The number of aromatic nitrogens is 2. The monoisotopic (exact) mass is 361 g/mol. The molecule has 0 aliphatic heterocycles. The number of carbonyl (C=O) groups is 1. The van der Waals surface area contributed by atoms with Crippen molar-refractivity contribution in [1.29, 1.82) is 0 Å².